The van der Waals surface area contributed by atoms with E-state index >= 15 is 0 Å². The first-order valence-corrected chi connectivity index (χ1v) is 5.09. The highest BCUT2D eigenvalue weighted by atomic mass is 16.5. The van der Waals surface area contributed by atoms with Gasteiger partial charge in [0.05, 0.1) is 5.69 Å². The second-order valence-corrected chi connectivity index (χ2v) is 3.74. The molecule has 0 aliphatic carbocycles. The van der Waals surface area contributed by atoms with Crippen LogP contribution < -0.4 is 10.9 Å². The van der Waals surface area contributed by atoms with Crippen molar-refractivity contribution in [1.82, 2.24) is 15.3 Å². The van der Waals surface area contributed by atoms with E-state index in [0.717, 1.165) is 25.2 Å². The predicted molar refractivity (Wildman–Crippen MR) is 55.8 cm³/mol. The molecule has 2 N–H and O–H groups in total. The van der Waals surface area contributed by atoms with Crippen molar-refractivity contribution < 1.29 is 4.74 Å². The lowest BCUT2D eigenvalue weighted by Crippen LogP contribution is -2.16. The van der Waals surface area contributed by atoms with Crippen molar-refractivity contribution in [1.29, 1.82) is 0 Å². The molecule has 1 atom stereocenters. The fraction of sp³-hybridized carbons (Fsp3) is 0.600. The molecule has 1 aliphatic heterocycles. The number of ether oxygens (including phenoxy) is 1. The minimum atomic E-state index is -0.0982. The number of H-pyrrole nitrogens is 1. The number of hydrogen-bond donors (Lipinski definition) is 2. The molecule has 0 amide bonds. The Morgan fingerprint density at radius 3 is 3.20 bits per heavy atom. The lowest BCUT2D eigenvalue weighted by Gasteiger charge is -2.08. The van der Waals surface area contributed by atoms with Crippen LogP contribution in [0.15, 0.2) is 10.9 Å². The summed E-state index contributed by atoms with van der Waals surface area (Å²) in [6.45, 7) is 2.25. The van der Waals surface area contributed by atoms with Crippen molar-refractivity contribution in [2.24, 2.45) is 0 Å². The molecular weight excluding hydrogens is 194 g/mol. The van der Waals surface area contributed by atoms with Gasteiger partial charge in [0.1, 0.15) is 12.4 Å². The molecule has 1 aliphatic rings. The van der Waals surface area contributed by atoms with Crippen molar-refractivity contribution in [3.8, 4) is 0 Å². The summed E-state index contributed by atoms with van der Waals surface area (Å²) >= 11 is 0. The number of nitrogens with zero attached hydrogens (tertiary/aromatic N) is 1. The first-order valence-electron chi connectivity index (χ1n) is 5.09. The molecular formula is C10H15N3O2. The van der Waals surface area contributed by atoms with Gasteiger partial charge in [-0.3, -0.25) is 4.79 Å². The summed E-state index contributed by atoms with van der Waals surface area (Å²) in [6.07, 6.45) is 1.04. The average molecular weight is 209 g/mol. The van der Waals surface area contributed by atoms with Gasteiger partial charge in [-0.2, -0.15) is 0 Å². The maximum absolute atomic E-state index is 11.4. The number of methoxy groups -OCH3 is 1. The van der Waals surface area contributed by atoms with Gasteiger partial charge < -0.3 is 15.0 Å². The standard InChI is InChI=1S/C10H15N3O2/c1-15-6-9-12-8(4-10(14)13-9)7-2-3-11-5-7/h4,7,11H,2-3,5-6H2,1H3,(H,12,13,14). The summed E-state index contributed by atoms with van der Waals surface area (Å²) < 4.78 is 4.95. The fourth-order valence-electron chi connectivity index (χ4n) is 1.85. The number of aromatic nitrogens is 2. The average Bonchev–Trinajstić information content (AvgIpc) is 2.70. The summed E-state index contributed by atoms with van der Waals surface area (Å²) in [6, 6.07) is 1.58. The molecule has 15 heavy (non-hydrogen) atoms. The molecule has 1 aromatic rings. The highest BCUT2D eigenvalue weighted by Gasteiger charge is 2.18. The van der Waals surface area contributed by atoms with Gasteiger partial charge in [-0.15, -0.1) is 0 Å². The van der Waals surface area contributed by atoms with Gasteiger partial charge in [-0.05, 0) is 13.0 Å². The first kappa shape index (κ1) is 10.3. The van der Waals surface area contributed by atoms with Crippen molar-refractivity contribution in [2.45, 2.75) is 18.9 Å². The molecule has 1 saturated heterocycles. The molecule has 1 fully saturated rings. The Morgan fingerprint density at radius 2 is 2.53 bits per heavy atom. The van der Waals surface area contributed by atoms with Crippen LogP contribution in [0.1, 0.15) is 23.9 Å². The summed E-state index contributed by atoms with van der Waals surface area (Å²) in [5.41, 5.74) is 0.773. The Hall–Kier alpha value is -1.20. The SMILES string of the molecule is COCc1nc(C2CCNC2)cc(=O)[nH]1. The minimum absolute atomic E-state index is 0.0982. The third-order valence-electron chi connectivity index (χ3n) is 2.57. The van der Waals surface area contributed by atoms with E-state index in [4.69, 9.17) is 4.74 Å². The number of hydrogen-bond acceptors (Lipinski definition) is 4. The van der Waals surface area contributed by atoms with Crippen molar-refractivity contribution >= 4 is 0 Å². The topological polar surface area (TPSA) is 67.0 Å². The molecule has 1 unspecified atom stereocenters. The number of aromatic amines is 1. The highest BCUT2D eigenvalue weighted by molar-refractivity contribution is 5.11. The van der Waals surface area contributed by atoms with Crippen LogP contribution in [0.5, 0.6) is 0 Å². The second-order valence-electron chi connectivity index (χ2n) is 3.74. The maximum atomic E-state index is 11.4. The summed E-state index contributed by atoms with van der Waals surface area (Å²) in [7, 11) is 1.59. The zero-order valence-electron chi connectivity index (χ0n) is 8.75. The van der Waals surface area contributed by atoms with Gasteiger partial charge in [-0.1, -0.05) is 0 Å². The van der Waals surface area contributed by atoms with E-state index in [9.17, 15) is 4.79 Å². The third-order valence-corrected chi connectivity index (χ3v) is 2.57. The molecule has 82 valence electrons. The zero-order valence-corrected chi connectivity index (χ0v) is 8.75. The first-order chi connectivity index (χ1) is 7.29. The fourth-order valence-corrected chi connectivity index (χ4v) is 1.85. The summed E-state index contributed by atoms with van der Waals surface area (Å²) in [5.74, 6) is 0.967. The van der Waals surface area contributed by atoms with E-state index in [1.807, 2.05) is 0 Å². The van der Waals surface area contributed by atoms with Gasteiger partial charge in [0, 0.05) is 25.6 Å². The Labute approximate surface area is 87.9 Å². The van der Waals surface area contributed by atoms with Gasteiger partial charge >= 0.3 is 0 Å². The largest absolute Gasteiger partial charge is 0.377 e. The van der Waals surface area contributed by atoms with Gasteiger partial charge in [0.25, 0.3) is 5.56 Å². The third kappa shape index (κ3) is 2.43. The molecule has 0 spiro atoms. The Balaban J connectivity index is 2.26. The maximum Gasteiger partial charge on any atom is 0.251 e. The molecule has 0 radical (unpaired) electrons. The van der Waals surface area contributed by atoms with Crippen LogP contribution in [-0.2, 0) is 11.3 Å². The van der Waals surface area contributed by atoms with E-state index in [0.29, 0.717) is 18.3 Å². The monoisotopic (exact) mass is 209 g/mol. The van der Waals surface area contributed by atoms with Crippen molar-refractivity contribution in [3.05, 3.63) is 27.9 Å². The Morgan fingerprint density at radius 1 is 1.67 bits per heavy atom. The summed E-state index contributed by atoms with van der Waals surface area (Å²) in [4.78, 5) is 18.4. The zero-order chi connectivity index (χ0) is 10.7. The molecule has 0 saturated carbocycles. The quantitative estimate of drug-likeness (QED) is 0.735. The Bertz CT molecular complexity index is 382. The summed E-state index contributed by atoms with van der Waals surface area (Å²) in [5, 5.41) is 3.26. The molecule has 0 bridgehead atoms. The molecule has 0 aromatic carbocycles. The van der Waals surface area contributed by atoms with Gasteiger partial charge in [0.15, 0.2) is 0 Å². The lowest BCUT2D eigenvalue weighted by molar-refractivity contribution is 0.177. The second kappa shape index (κ2) is 4.55. The van der Waals surface area contributed by atoms with Gasteiger partial charge in [0.2, 0.25) is 0 Å². The van der Waals surface area contributed by atoms with Crippen LogP contribution in [0.3, 0.4) is 0 Å². The lowest BCUT2D eigenvalue weighted by atomic mass is 10.1. The Kier molecular flexibility index (Phi) is 3.13. The van der Waals surface area contributed by atoms with Crippen LogP contribution in [0.25, 0.3) is 0 Å². The normalized spacial score (nSPS) is 20.7. The highest BCUT2D eigenvalue weighted by Crippen LogP contribution is 2.18. The van der Waals surface area contributed by atoms with Crippen molar-refractivity contribution in [3.63, 3.8) is 0 Å². The van der Waals surface area contributed by atoms with E-state index in [-0.39, 0.29) is 5.56 Å². The minimum Gasteiger partial charge on any atom is -0.377 e. The molecule has 1 aromatic heterocycles. The van der Waals surface area contributed by atoms with Gasteiger partial charge in [-0.25, -0.2) is 4.98 Å². The van der Waals surface area contributed by atoms with E-state index < -0.39 is 0 Å². The van der Waals surface area contributed by atoms with Crippen LogP contribution >= 0.6 is 0 Å². The smallest absolute Gasteiger partial charge is 0.251 e. The van der Waals surface area contributed by atoms with Crippen molar-refractivity contribution in [2.75, 3.05) is 20.2 Å². The number of nitrogens with one attached hydrogen (secondary N) is 2. The van der Waals surface area contributed by atoms with Crippen LogP contribution in [0, 0.1) is 0 Å². The molecule has 5 nitrogen and oxygen atoms in total. The van der Waals surface area contributed by atoms with E-state index in [2.05, 4.69) is 15.3 Å². The molecule has 5 heteroatoms. The van der Waals surface area contributed by atoms with E-state index in [1.54, 1.807) is 13.2 Å². The number of rotatable bonds is 3. The molecule has 2 rings (SSSR count). The van der Waals surface area contributed by atoms with Crippen LogP contribution in [0.4, 0.5) is 0 Å². The molecule has 2 heterocycles. The van der Waals surface area contributed by atoms with E-state index in [1.165, 1.54) is 0 Å². The van der Waals surface area contributed by atoms with Crippen LogP contribution in [0.2, 0.25) is 0 Å². The predicted octanol–water partition coefficient (Wildman–Crippen LogP) is -0.00680. The van der Waals surface area contributed by atoms with Crippen LogP contribution in [-0.4, -0.2) is 30.2 Å².